The maximum Gasteiger partial charge on any atom is 0.0273 e. The minimum Gasteiger partial charge on any atom is -0.329 e. The molecule has 0 rings (SSSR count). The van der Waals surface area contributed by atoms with Crippen LogP contribution in [0.2, 0.25) is 0 Å². The van der Waals surface area contributed by atoms with Gasteiger partial charge < -0.3 is 16.0 Å². The third-order valence-corrected chi connectivity index (χ3v) is 0.954. The Hall–Kier alpha value is -0.410. The Labute approximate surface area is 56.3 Å². The van der Waals surface area contributed by atoms with Crippen LogP contribution in [-0.2, 0) is 0 Å². The number of hydrogen-bond acceptors (Lipinski definition) is 3. The molecule has 3 N–H and O–H groups in total. The zero-order valence-electron chi connectivity index (χ0n) is 5.93. The highest BCUT2D eigenvalue weighted by atomic mass is 14.9. The molecule has 9 heavy (non-hydrogen) atoms. The van der Waals surface area contributed by atoms with E-state index in [-0.39, 0.29) is 0 Å². The van der Waals surface area contributed by atoms with Crippen molar-refractivity contribution in [3.05, 3.63) is 0 Å². The van der Waals surface area contributed by atoms with Crippen molar-refractivity contribution >= 4 is 6.21 Å². The van der Waals surface area contributed by atoms with Crippen molar-refractivity contribution in [2.24, 2.45) is 10.7 Å². The Morgan fingerprint density at radius 3 is 2.89 bits per heavy atom. The molecular formula is C6H15N3. The molecule has 0 atom stereocenters. The molecule has 0 spiro atoms. The molecule has 0 amide bonds. The van der Waals surface area contributed by atoms with Crippen LogP contribution in [0.4, 0.5) is 0 Å². The summed E-state index contributed by atoms with van der Waals surface area (Å²) in [7, 11) is 1.78. The van der Waals surface area contributed by atoms with E-state index in [1.165, 1.54) is 0 Å². The van der Waals surface area contributed by atoms with Gasteiger partial charge in [0.25, 0.3) is 0 Å². The van der Waals surface area contributed by atoms with Crippen LogP contribution in [-0.4, -0.2) is 32.9 Å². The number of rotatable bonds is 5. The molecule has 54 valence electrons. The fraction of sp³-hybridized carbons (Fsp3) is 0.833. The van der Waals surface area contributed by atoms with Crippen LogP contribution >= 0.6 is 0 Å². The summed E-state index contributed by atoms with van der Waals surface area (Å²) in [6.07, 6.45) is 2.89. The third-order valence-electron chi connectivity index (χ3n) is 0.954. The Morgan fingerprint density at radius 2 is 2.33 bits per heavy atom. The Bertz CT molecular complexity index is 70.7. The van der Waals surface area contributed by atoms with E-state index in [1.807, 2.05) is 6.21 Å². The molecule has 0 saturated carbocycles. The average molecular weight is 129 g/mol. The van der Waals surface area contributed by atoms with Crippen LogP contribution < -0.4 is 11.1 Å². The van der Waals surface area contributed by atoms with Gasteiger partial charge >= 0.3 is 0 Å². The van der Waals surface area contributed by atoms with Gasteiger partial charge in [-0.3, -0.25) is 0 Å². The van der Waals surface area contributed by atoms with Crippen molar-refractivity contribution in [3.63, 3.8) is 0 Å². The number of aliphatic imine (C=N–C) groups is 1. The molecule has 0 aliphatic heterocycles. The number of nitrogens with zero attached hydrogens (tertiary/aromatic N) is 1. The summed E-state index contributed by atoms with van der Waals surface area (Å²) in [5.74, 6) is 0. The lowest BCUT2D eigenvalue weighted by Crippen LogP contribution is -2.23. The van der Waals surface area contributed by atoms with Crippen molar-refractivity contribution < 1.29 is 0 Å². The van der Waals surface area contributed by atoms with Gasteiger partial charge in [-0.25, -0.2) is 0 Å². The van der Waals surface area contributed by atoms with Gasteiger partial charge in [0.1, 0.15) is 0 Å². The molecule has 0 fully saturated rings. The summed E-state index contributed by atoms with van der Waals surface area (Å²) in [5, 5.41) is 3.15. The number of nitrogens with one attached hydrogen (secondary N) is 1. The van der Waals surface area contributed by atoms with Crippen molar-refractivity contribution in [2.75, 3.05) is 26.7 Å². The molecule has 3 heteroatoms. The van der Waals surface area contributed by atoms with Crippen molar-refractivity contribution in [2.45, 2.75) is 6.42 Å². The highest BCUT2D eigenvalue weighted by molar-refractivity contribution is 5.56. The third kappa shape index (κ3) is 7.59. The first-order valence-electron chi connectivity index (χ1n) is 3.23. The molecule has 0 saturated heterocycles. The summed E-state index contributed by atoms with van der Waals surface area (Å²) < 4.78 is 0. The smallest absolute Gasteiger partial charge is 0.0273 e. The molecule has 0 bridgehead atoms. The van der Waals surface area contributed by atoms with Gasteiger partial charge in [-0.2, -0.15) is 0 Å². The monoisotopic (exact) mass is 129 g/mol. The first kappa shape index (κ1) is 8.59. The molecule has 0 unspecified atom stereocenters. The first-order chi connectivity index (χ1) is 4.41. The van der Waals surface area contributed by atoms with E-state index in [1.54, 1.807) is 7.05 Å². The summed E-state index contributed by atoms with van der Waals surface area (Å²) in [4.78, 5) is 3.84. The SMILES string of the molecule is CN=CCCNCCN. The maximum absolute atomic E-state index is 5.25. The summed E-state index contributed by atoms with van der Waals surface area (Å²) >= 11 is 0. The lowest BCUT2D eigenvalue weighted by atomic mass is 10.4. The first-order valence-corrected chi connectivity index (χ1v) is 3.23. The fourth-order valence-electron chi connectivity index (χ4n) is 0.523. The maximum atomic E-state index is 5.25. The standard InChI is InChI=1S/C6H15N3/c1-8-4-2-5-9-6-3-7/h4,9H,2-3,5-7H2,1H3. The lowest BCUT2D eigenvalue weighted by molar-refractivity contribution is 0.708. The second kappa shape index (κ2) is 7.59. The van der Waals surface area contributed by atoms with Gasteiger partial charge in [-0.15, -0.1) is 0 Å². The lowest BCUT2D eigenvalue weighted by Gasteiger charge is -1.96. The highest BCUT2D eigenvalue weighted by Crippen LogP contribution is 1.67. The normalized spacial score (nSPS) is 10.9. The van der Waals surface area contributed by atoms with E-state index in [0.717, 1.165) is 19.5 Å². The zero-order chi connectivity index (χ0) is 6.95. The summed E-state index contributed by atoms with van der Waals surface area (Å²) in [6.45, 7) is 2.59. The Balaban J connectivity index is 2.75. The summed E-state index contributed by atoms with van der Waals surface area (Å²) in [5.41, 5.74) is 5.25. The quantitative estimate of drug-likeness (QED) is 0.393. The molecule has 0 aromatic heterocycles. The van der Waals surface area contributed by atoms with Gasteiger partial charge in [0, 0.05) is 26.7 Å². The molecule has 3 nitrogen and oxygen atoms in total. The van der Waals surface area contributed by atoms with Crippen molar-refractivity contribution in [1.82, 2.24) is 5.32 Å². The van der Waals surface area contributed by atoms with Crippen LogP contribution in [0, 0.1) is 0 Å². The average Bonchev–Trinajstić information content (AvgIpc) is 1.89. The van der Waals surface area contributed by atoms with E-state index in [2.05, 4.69) is 10.3 Å². The van der Waals surface area contributed by atoms with Crippen LogP contribution in [0.3, 0.4) is 0 Å². The zero-order valence-corrected chi connectivity index (χ0v) is 5.93. The van der Waals surface area contributed by atoms with Crippen LogP contribution in [0.5, 0.6) is 0 Å². The van der Waals surface area contributed by atoms with Crippen molar-refractivity contribution in [1.29, 1.82) is 0 Å². The number of nitrogens with two attached hydrogens (primary N) is 1. The van der Waals surface area contributed by atoms with Crippen LogP contribution in [0.1, 0.15) is 6.42 Å². The predicted molar refractivity (Wildman–Crippen MR) is 41.0 cm³/mol. The van der Waals surface area contributed by atoms with Crippen LogP contribution in [0.15, 0.2) is 4.99 Å². The minimum atomic E-state index is 0.712. The van der Waals surface area contributed by atoms with Gasteiger partial charge in [-0.1, -0.05) is 0 Å². The highest BCUT2D eigenvalue weighted by Gasteiger charge is 1.79. The van der Waals surface area contributed by atoms with Gasteiger partial charge in [-0.05, 0) is 12.6 Å². The van der Waals surface area contributed by atoms with Crippen molar-refractivity contribution in [3.8, 4) is 0 Å². The van der Waals surface area contributed by atoms with Gasteiger partial charge in [0.05, 0.1) is 0 Å². The molecule has 0 radical (unpaired) electrons. The Kier molecular flexibility index (Phi) is 7.24. The van der Waals surface area contributed by atoms with Gasteiger partial charge in [0.15, 0.2) is 0 Å². The van der Waals surface area contributed by atoms with E-state index in [9.17, 15) is 0 Å². The second-order valence-corrected chi connectivity index (χ2v) is 1.77. The topological polar surface area (TPSA) is 50.4 Å². The largest absolute Gasteiger partial charge is 0.329 e. The molecule has 0 aliphatic rings. The van der Waals surface area contributed by atoms with E-state index in [4.69, 9.17) is 5.73 Å². The second-order valence-electron chi connectivity index (χ2n) is 1.77. The fourth-order valence-corrected chi connectivity index (χ4v) is 0.523. The molecular weight excluding hydrogens is 114 g/mol. The molecule has 0 aromatic rings. The van der Waals surface area contributed by atoms with Gasteiger partial charge in [0.2, 0.25) is 0 Å². The minimum absolute atomic E-state index is 0.712. The molecule has 0 heterocycles. The van der Waals surface area contributed by atoms with E-state index < -0.39 is 0 Å². The number of hydrogen-bond donors (Lipinski definition) is 2. The predicted octanol–water partition coefficient (Wildman–Crippen LogP) is -0.375. The van der Waals surface area contributed by atoms with E-state index in [0.29, 0.717) is 6.54 Å². The Morgan fingerprint density at radius 1 is 1.56 bits per heavy atom. The molecule has 0 aliphatic carbocycles. The molecule has 0 aromatic carbocycles. The summed E-state index contributed by atoms with van der Waals surface area (Å²) in [6, 6.07) is 0. The van der Waals surface area contributed by atoms with Crippen LogP contribution in [0.25, 0.3) is 0 Å². The van der Waals surface area contributed by atoms with E-state index >= 15 is 0 Å².